The first-order chi connectivity index (χ1) is 60.0. The summed E-state index contributed by atoms with van der Waals surface area (Å²) in [6.45, 7) is 0. The maximum atomic E-state index is 9.63. The molecule has 0 spiro atoms. The lowest BCUT2D eigenvalue weighted by Crippen LogP contribution is -1.98. The summed E-state index contributed by atoms with van der Waals surface area (Å²) in [7, 11) is 0. The van der Waals surface area contributed by atoms with Crippen LogP contribution in [-0.4, -0.2) is 0 Å². The first kappa shape index (κ1) is 79.0. The van der Waals surface area contributed by atoms with Gasteiger partial charge < -0.3 is 0 Å². The Balaban J connectivity index is 0.904. The minimum absolute atomic E-state index is 0.310. The van der Waals surface area contributed by atoms with Crippen LogP contribution in [0.25, 0.3) is 145 Å². The molecule has 0 amide bonds. The van der Waals surface area contributed by atoms with E-state index in [0.29, 0.717) is 51.4 Å². The maximum Gasteiger partial charge on any atom is 0.0669 e. The second-order valence-corrected chi connectivity index (χ2v) is 30.5. The van der Waals surface area contributed by atoms with Crippen molar-refractivity contribution in [3.05, 3.63) is 431 Å². The monoisotopic (exact) mass is 1560 g/mol. The van der Waals surface area contributed by atoms with Gasteiger partial charge in [0, 0.05) is 0 Å². The second-order valence-electron chi connectivity index (χ2n) is 30.5. The van der Waals surface area contributed by atoms with Crippen LogP contribution < -0.4 is 0 Å². The van der Waals surface area contributed by atoms with E-state index in [1.165, 1.54) is 0 Å². The third-order valence-corrected chi connectivity index (χ3v) is 22.6. The van der Waals surface area contributed by atoms with Crippen LogP contribution in [0.5, 0.6) is 0 Å². The van der Waals surface area contributed by atoms with Crippen molar-refractivity contribution in [2.24, 2.45) is 0 Å². The summed E-state index contributed by atoms with van der Waals surface area (Å²) >= 11 is 0. The molecule has 16 aromatic carbocycles. The Labute approximate surface area is 712 Å². The summed E-state index contributed by atoms with van der Waals surface area (Å²) in [6, 6.07) is 146. The first-order valence-electron chi connectivity index (χ1n) is 40.5. The molecule has 0 bridgehead atoms. The number of hydrogen-bond acceptors (Lipinski definition) is 8. The molecule has 0 heterocycles. The van der Waals surface area contributed by atoms with Crippen LogP contribution in [0.1, 0.15) is 66.8 Å². The van der Waals surface area contributed by atoms with E-state index in [1.807, 2.05) is 97.1 Å². The predicted octanol–water partition coefficient (Wildman–Crippen LogP) is 27.2. The number of nitrogens with zero attached hydrogens (tertiary/aromatic N) is 8. The van der Waals surface area contributed by atoms with Gasteiger partial charge in [-0.15, -0.1) is 0 Å². The fraction of sp³-hybridized carbons (Fsp3) is 0.0702. The second kappa shape index (κ2) is 37.0. The zero-order chi connectivity index (χ0) is 83.7. The van der Waals surface area contributed by atoms with Gasteiger partial charge in [-0.05, 0) is 284 Å². The van der Waals surface area contributed by atoms with E-state index in [1.54, 1.807) is 0 Å². The molecule has 16 rings (SSSR count). The van der Waals surface area contributed by atoms with Gasteiger partial charge in [0.05, 0.1) is 99.9 Å². The average Bonchev–Trinajstić information content (AvgIpc) is 0.764. The lowest BCUT2D eigenvalue weighted by Gasteiger charge is -2.20. The fourth-order valence-corrected chi connectivity index (χ4v) is 16.0. The number of benzene rings is 16. The van der Waals surface area contributed by atoms with Crippen LogP contribution in [-0.2, 0) is 51.4 Å². The Morgan fingerprint density at radius 2 is 0.213 bits per heavy atom. The molecule has 0 atom stereocenters. The molecule has 0 saturated heterocycles. The topological polar surface area (TPSA) is 190 Å². The molecule has 122 heavy (non-hydrogen) atoms. The van der Waals surface area contributed by atoms with E-state index in [-0.39, 0.29) is 0 Å². The molecular weight excluding hydrogens is 1480 g/mol. The van der Waals surface area contributed by atoms with Crippen LogP contribution >= 0.6 is 0 Å². The minimum atomic E-state index is 0.310. The van der Waals surface area contributed by atoms with Crippen molar-refractivity contribution in [1.82, 2.24) is 0 Å². The van der Waals surface area contributed by atoms with Crippen LogP contribution in [0.3, 0.4) is 0 Å². The van der Waals surface area contributed by atoms with Gasteiger partial charge in [0.1, 0.15) is 0 Å². The SMILES string of the molecule is N#CCc1ccc(-c2cc(-c3ccc(CC#N)cc3)cc(-c3ccc(C(=C(c4ccc(-c5cc(-c6ccc(CC#N)cc6)cc(-c6ccc(CC#N)cc6)c5)cc4)c4ccc(-c5cc(-c6ccc(CC#N)cc6)cc(-c6ccc(CC#N)cc6)c5)cc4)c4ccc(-c5cc(-c6ccc(CC#N)cc6)cc(-c6ccc(CC#N)cc6)c5)cc4)cc3)c2)cc1. The van der Waals surface area contributed by atoms with E-state index in [0.717, 1.165) is 211 Å². The highest BCUT2D eigenvalue weighted by Gasteiger charge is 2.22. The van der Waals surface area contributed by atoms with E-state index in [9.17, 15) is 42.1 Å². The van der Waals surface area contributed by atoms with Gasteiger partial charge in [0.15, 0.2) is 0 Å². The van der Waals surface area contributed by atoms with Gasteiger partial charge in [0.25, 0.3) is 0 Å². The van der Waals surface area contributed by atoms with E-state index in [4.69, 9.17) is 0 Å². The van der Waals surface area contributed by atoms with Crippen molar-refractivity contribution in [2.45, 2.75) is 51.4 Å². The molecule has 0 N–H and O–H groups in total. The zero-order valence-corrected chi connectivity index (χ0v) is 66.9. The summed E-state index contributed by atoms with van der Waals surface area (Å²) in [5.41, 5.74) is 37.5. The Kier molecular flexibility index (Phi) is 24.0. The smallest absolute Gasteiger partial charge is 0.0669 e. The molecule has 0 fully saturated rings. The number of hydrogen-bond donors (Lipinski definition) is 0. The van der Waals surface area contributed by atoms with Crippen molar-refractivity contribution >= 4 is 11.1 Å². The van der Waals surface area contributed by atoms with E-state index < -0.39 is 0 Å². The number of rotatable bonds is 24. The third-order valence-electron chi connectivity index (χ3n) is 22.6. The molecule has 8 nitrogen and oxygen atoms in total. The molecule has 0 aliphatic rings. The summed E-state index contributed by atoms with van der Waals surface area (Å²) in [5.74, 6) is 0. The third kappa shape index (κ3) is 18.2. The first-order valence-corrected chi connectivity index (χ1v) is 40.5. The summed E-state index contributed by atoms with van der Waals surface area (Å²) in [4.78, 5) is 0. The van der Waals surface area contributed by atoms with Crippen LogP contribution in [0.15, 0.2) is 364 Å². The Bertz CT molecular complexity index is 5790. The Morgan fingerprint density at radius 3 is 0.303 bits per heavy atom. The Hall–Kier alpha value is -16.8. The highest BCUT2D eigenvalue weighted by atomic mass is 14.3. The summed E-state index contributed by atoms with van der Waals surface area (Å²) in [5, 5.41) is 77.0. The number of nitriles is 8. The van der Waals surface area contributed by atoms with Gasteiger partial charge in [-0.2, -0.15) is 42.1 Å². The van der Waals surface area contributed by atoms with E-state index in [2.05, 4.69) is 315 Å². The highest BCUT2D eigenvalue weighted by Crippen LogP contribution is 2.44. The normalized spacial score (nSPS) is 10.7. The largest absolute Gasteiger partial charge is 0.198 e. The molecule has 8 heteroatoms. The summed E-state index contributed by atoms with van der Waals surface area (Å²) < 4.78 is 0. The molecule has 0 saturated carbocycles. The van der Waals surface area contributed by atoms with Gasteiger partial charge in [-0.3, -0.25) is 0 Å². The molecular formula is C114H76N8. The maximum absolute atomic E-state index is 9.63. The van der Waals surface area contributed by atoms with Crippen molar-refractivity contribution in [3.63, 3.8) is 0 Å². The minimum Gasteiger partial charge on any atom is -0.198 e. The molecule has 0 aliphatic carbocycles. The highest BCUT2D eigenvalue weighted by molar-refractivity contribution is 6.06. The quantitative estimate of drug-likeness (QED) is 0.0534. The lowest BCUT2D eigenvalue weighted by molar-refractivity contribution is 1.26. The molecule has 0 unspecified atom stereocenters. The van der Waals surface area contributed by atoms with E-state index >= 15 is 0 Å². The van der Waals surface area contributed by atoms with Crippen LogP contribution in [0.4, 0.5) is 0 Å². The van der Waals surface area contributed by atoms with Crippen molar-refractivity contribution < 1.29 is 0 Å². The standard InChI is InChI=1S/C114H76N8/c115-57-49-77-1-17-85(18-2-77)101-65-102(86-19-3-78(4-20-86)50-58-116)70-109(69-101)93-33-41-97(42-34-93)113(98-43-35-94(36-44-98)110-71-103(87-21-5-79(6-22-87)51-59-117)66-104(72-110)88-23-7-80(8-24-88)52-60-118)114(99-45-37-95(38-46-99)111-73-105(89-25-9-81(10-26-89)53-61-119)67-106(74-111)90-27-11-82(12-28-90)54-62-120)100-47-39-96(40-48-100)112-75-107(91-29-13-83(14-30-91)55-63-121)68-108(76-112)92-31-15-84(16-32-92)56-64-122/h1-48,65-76H,49-56H2. The lowest BCUT2D eigenvalue weighted by atomic mass is 9.83. The van der Waals surface area contributed by atoms with Crippen molar-refractivity contribution in [3.8, 4) is 182 Å². The molecule has 16 aromatic rings. The Morgan fingerprint density at radius 1 is 0.123 bits per heavy atom. The molecule has 572 valence electrons. The van der Waals surface area contributed by atoms with Crippen LogP contribution in [0, 0.1) is 90.6 Å². The fourth-order valence-electron chi connectivity index (χ4n) is 16.0. The van der Waals surface area contributed by atoms with Gasteiger partial charge in [0.2, 0.25) is 0 Å². The average molecular weight is 1560 g/mol. The van der Waals surface area contributed by atoms with Gasteiger partial charge in [-0.25, -0.2) is 0 Å². The van der Waals surface area contributed by atoms with Crippen molar-refractivity contribution in [1.29, 1.82) is 42.1 Å². The molecule has 0 radical (unpaired) electrons. The zero-order valence-electron chi connectivity index (χ0n) is 66.9. The van der Waals surface area contributed by atoms with Gasteiger partial charge in [-0.1, -0.05) is 291 Å². The van der Waals surface area contributed by atoms with Gasteiger partial charge >= 0.3 is 0 Å². The van der Waals surface area contributed by atoms with Crippen molar-refractivity contribution in [2.75, 3.05) is 0 Å². The molecule has 0 aromatic heterocycles. The van der Waals surface area contributed by atoms with Crippen LogP contribution in [0.2, 0.25) is 0 Å². The summed E-state index contributed by atoms with van der Waals surface area (Å²) in [6.07, 6.45) is 2.48. The molecule has 0 aliphatic heterocycles. The predicted molar refractivity (Wildman–Crippen MR) is 491 cm³/mol.